The van der Waals surface area contributed by atoms with E-state index in [0.717, 1.165) is 11.3 Å². The van der Waals surface area contributed by atoms with Crippen LogP contribution in [0, 0.1) is 11.3 Å². The van der Waals surface area contributed by atoms with E-state index in [1.807, 2.05) is 47.0 Å². The number of halogens is 1. The van der Waals surface area contributed by atoms with Crippen LogP contribution >= 0.6 is 11.6 Å². The quantitative estimate of drug-likeness (QED) is 0.332. The molecule has 2 amide bonds. The Hall–Kier alpha value is -4.45. The SMILES string of the molecule is N#Cc1ccc(Cn2cncc2CN[C@@H]2CCN(C(=O)c3cccc(Cl)c3)C2=O)cc1Oc1ccccc1. The minimum absolute atomic E-state index is 0.254. The molecule has 3 aromatic carbocycles. The van der Waals surface area contributed by atoms with E-state index in [4.69, 9.17) is 16.3 Å². The normalized spacial score (nSPS) is 14.9. The van der Waals surface area contributed by atoms with Gasteiger partial charge in [0.25, 0.3) is 5.91 Å². The Morgan fingerprint density at radius 1 is 1.13 bits per heavy atom. The largest absolute Gasteiger partial charge is 0.456 e. The number of imidazole rings is 1. The molecule has 0 unspecified atom stereocenters. The number of likely N-dealkylation sites (tertiary alicyclic amines) is 1. The first-order valence-electron chi connectivity index (χ1n) is 12.1. The van der Waals surface area contributed by atoms with E-state index in [-0.39, 0.29) is 11.8 Å². The topological polar surface area (TPSA) is 100 Å². The third kappa shape index (κ3) is 5.59. The molecule has 1 aliphatic heterocycles. The molecular weight excluding hydrogens is 502 g/mol. The van der Waals surface area contributed by atoms with E-state index in [1.165, 1.54) is 4.90 Å². The average Bonchev–Trinajstić information content (AvgIpc) is 3.53. The van der Waals surface area contributed by atoms with Gasteiger partial charge in [0, 0.05) is 36.4 Å². The van der Waals surface area contributed by atoms with Gasteiger partial charge >= 0.3 is 0 Å². The summed E-state index contributed by atoms with van der Waals surface area (Å²) >= 11 is 6.00. The first-order chi connectivity index (χ1) is 18.5. The third-order valence-electron chi connectivity index (χ3n) is 6.34. The molecular formula is C29H24ClN5O3. The number of imide groups is 1. The van der Waals surface area contributed by atoms with Gasteiger partial charge < -0.3 is 14.6 Å². The fourth-order valence-corrected chi connectivity index (χ4v) is 4.56. The van der Waals surface area contributed by atoms with Gasteiger partial charge in [0.1, 0.15) is 17.6 Å². The molecule has 5 rings (SSSR count). The number of hydrogen-bond acceptors (Lipinski definition) is 6. The number of carbonyl (C=O) groups excluding carboxylic acids is 2. The Labute approximate surface area is 225 Å². The van der Waals surface area contributed by atoms with Gasteiger partial charge in [0.05, 0.1) is 23.6 Å². The second kappa shape index (κ2) is 11.3. The average molecular weight is 526 g/mol. The molecule has 1 fully saturated rings. The number of carbonyl (C=O) groups is 2. The van der Waals surface area contributed by atoms with Crippen molar-refractivity contribution in [3.63, 3.8) is 0 Å². The van der Waals surface area contributed by atoms with Gasteiger partial charge in [-0.3, -0.25) is 14.5 Å². The van der Waals surface area contributed by atoms with Crippen LogP contribution in [0.5, 0.6) is 11.5 Å². The third-order valence-corrected chi connectivity index (χ3v) is 6.58. The smallest absolute Gasteiger partial charge is 0.260 e. The van der Waals surface area contributed by atoms with Crippen molar-refractivity contribution in [1.29, 1.82) is 5.26 Å². The molecule has 38 heavy (non-hydrogen) atoms. The van der Waals surface area contributed by atoms with Crippen molar-refractivity contribution < 1.29 is 14.3 Å². The lowest BCUT2D eigenvalue weighted by Crippen LogP contribution is -2.40. The predicted octanol–water partition coefficient (Wildman–Crippen LogP) is 4.78. The Balaban J connectivity index is 1.23. The van der Waals surface area contributed by atoms with E-state index in [1.54, 1.807) is 42.9 Å². The molecule has 0 spiro atoms. The van der Waals surface area contributed by atoms with E-state index in [9.17, 15) is 14.9 Å². The summed E-state index contributed by atoms with van der Waals surface area (Å²) in [4.78, 5) is 31.3. The Bertz CT molecular complexity index is 1510. The number of hydrogen-bond donors (Lipinski definition) is 1. The molecule has 2 heterocycles. The van der Waals surface area contributed by atoms with Crippen molar-refractivity contribution in [2.45, 2.75) is 25.6 Å². The number of rotatable bonds is 8. The Kier molecular flexibility index (Phi) is 7.50. The highest BCUT2D eigenvalue weighted by molar-refractivity contribution is 6.31. The molecule has 1 aromatic heterocycles. The summed E-state index contributed by atoms with van der Waals surface area (Å²) in [7, 11) is 0. The lowest BCUT2D eigenvalue weighted by atomic mass is 10.1. The van der Waals surface area contributed by atoms with Gasteiger partial charge in [-0.05, 0) is 54.4 Å². The van der Waals surface area contributed by atoms with E-state index < -0.39 is 6.04 Å². The van der Waals surface area contributed by atoms with E-state index >= 15 is 0 Å². The van der Waals surface area contributed by atoms with Crippen LogP contribution < -0.4 is 10.1 Å². The predicted molar refractivity (Wildman–Crippen MR) is 142 cm³/mol. The second-order valence-corrected chi connectivity index (χ2v) is 9.33. The Morgan fingerprint density at radius 3 is 2.76 bits per heavy atom. The molecule has 0 radical (unpaired) electrons. The summed E-state index contributed by atoms with van der Waals surface area (Å²) in [6, 6.07) is 23.1. The van der Waals surface area contributed by atoms with Crippen LogP contribution in [-0.4, -0.2) is 38.9 Å². The maximum absolute atomic E-state index is 12.9. The number of nitriles is 1. The van der Waals surface area contributed by atoms with Crippen LogP contribution in [0.25, 0.3) is 0 Å². The zero-order valence-electron chi connectivity index (χ0n) is 20.4. The molecule has 8 nitrogen and oxygen atoms in total. The number of nitrogens with one attached hydrogen (secondary N) is 1. The molecule has 0 saturated carbocycles. The standard InChI is InChI=1S/C29H24ClN5O3/c30-23-6-4-5-21(14-23)28(36)35-12-11-26(29(35)37)33-17-24-16-32-19-34(24)18-20-9-10-22(15-31)27(13-20)38-25-7-2-1-3-8-25/h1-10,13-14,16,19,26,33H,11-12,17-18H2/t26-/m1/s1. The monoisotopic (exact) mass is 525 g/mol. The van der Waals surface area contributed by atoms with Crippen molar-refractivity contribution in [2.75, 3.05) is 6.54 Å². The van der Waals surface area contributed by atoms with Crippen LogP contribution in [0.4, 0.5) is 0 Å². The maximum atomic E-state index is 12.9. The highest BCUT2D eigenvalue weighted by Crippen LogP contribution is 2.27. The van der Waals surface area contributed by atoms with Gasteiger partial charge in [-0.15, -0.1) is 0 Å². The second-order valence-electron chi connectivity index (χ2n) is 8.90. The summed E-state index contributed by atoms with van der Waals surface area (Å²) in [5.41, 5.74) is 2.65. The Morgan fingerprint density at radius 2 is 1.97 bits per heavy atom. The summed E-state index contributed by atoms with van der Waals surface area (Å²) in [5.74, 6) is 0.534. The number of nitrogens with zero attached hydrogens (tertiary/aromatic N) is 4. The van der Waals surface area contributed by atoms with Gasteiger partial charge in [-0.2, -0.15) is 5.26 Å². The molecule has 1 saturated heterocycles. The molecule has 0 aliphatic carbocycles. The molecule has 1 aliphatic rings. The van der Waals surface area contributed by atoms with Crippen LogP contribution in [0.2, 0.25) is 5.02 Å². The molecule has 1 atom stereocenters. The minimum Gasteiger partial charge on any atom is -0.456 e. The summed E-state index contributed by atoms with van der Waals surface area (Å²) in [6.07, 6.45) is 3.99. The van der Waals surface area contributed by atoms with Gasteiger partial charge in [0.15, 0.2) is 0 Å². The van der Waals surface area contributed by atoms with Crippen molar-refractivity contribution in [1.82, 2.24) is 19.8 Å². The van der Waals surface area contributed by atoms with E-state index in [2.05, 4.69) is 16.4 Å². The van der Waals surface area contributed by atoms with Crippen LogP contribution in [0.1, 0.15) is 33.6 Å². The van der Waals surface area contributed by atoms with Gasteiger partial charge in [-0.1, -0.05) is 41.9 Å². The van der Waals surface area contributed by atoms with Crippen molar-refractivity contribution in [3.8, 4) is 17.6 Å². The van der Waals surface area contributed by atoms with Gasteiger partial charge in [-0.25, -0.2) is 4.98 Å². The lowest BCUT2D eigenvalue weighted by Gasteiger charge is -2.16. The summed E-state index contributed by atoms with van der Waals surface area (Å²) in [6.45, 7) is 1.25. The highest BCUT2D eigenvalue weighted by atomic mass is 35.5. The molecule has 0 bridgehead atoms. The van der Waals surface area contributed by atoms with E-state index in [0.29, 0.717) is 53.7 Å². The minimum atomic E-state index is -0.470. The number of para-hydroxylation sites is 1. The number of benzene rings is 3. The number of amides is 2. The summed E-state index contributed by atoms with van der Waals surface area (Å²) < 4.78 is 7.92. The number of aromatic nitrogens is 2. The number of ether oxygens (including phenoxy) is 1. The first kappa shape index (κ1) is 25.2. The molecule has 1 N–H and O–H groups in total. The van der Waals surface area contributed by atoms with Crippen LogP contribution in [0.15, 0.2) is 85.3 Å². The van der Waals surface area contributed by atoms with Crippen LogP contribution in [0.3, 0.4) is 0 Å². The first-order valence-corrected chi connectivity index (χ1v) is 12.5. The zero-order chi connectivity index (χ0) is 26.5. The van der Waals surface area contributed by atoms with Crippen molar-refractivity contribution >= 4 is 23.4 Å². The molecule has 190 valence electrons. The highest BCUT2D eigenvalue weighted by Gasteiger charge is 2.35. The zero-order valence-corrected chi connectivity index (χ0v) is 21.1. The van der Waals surface area contributed by atoms with Crippen molar-refractivity contribution in [2.24, 2.45) is 0 Å². The van der Waals surface area contributed by atoms with Gasteiger partial charge in [0.2, 0.25) is 5.91 Å². The molecule has 9 heteroatoms. The fraction of sp³-hybridized carbons (Fsp3) is 0.172. The van der Waals surface area contributed by atoms with Crippen molar-refractivity contribution in [3.05, 3.63) is 113 Å². The lowest BCUT2D eigenvalue weighted by molar-refractivity contribution is -0.127. The molecule has 4 aromatic rings. The summed E-state index contributed by atoms with van der Waals surface area (Å²) in [5, 5.41) is 13.2. The van der Waals surface area contributed by atoms with Crippen LogP contribution in [-0.2, 0) is 17.9 Å². The maximum Gasteiger partial charge on any atom is 0.260 e. The fourth-order valence-electron chi connectivity index (χ4n) is 4.37.